The maximum absolute atomic E-state index is 11.0. The van der Waals surface area contributed by atoms with Gasteiger partial charge in [-0.2, -0.15) is 0 Å². The molecule has 0 aromatic carbocycles. The van der Waals surface area contributed by atoms with E-state index in [-0.39, 0.29) is 5.97 Å². The zero-order valence-electron chi connectivity index (χ0n) is 7.57. The smallest absolute Gasteiger partial charge is 0.321 e. The molecule has 5 heteroatoms. The second kappa shape index (κ2) is 4.04. The summed E-state index contributed by atoms with van der Waals surface area (Å²) >= 11 is 0. The van der Waals surface area contributed by atoms with Crippen LogP contribution in [0.4, 0.5) is 0 Å². The zero-order chi connectivity index (χ0) is 9.10. The van der Waals surface area contributed by atoms with Crippen molar-refractivity contribution < 1.29 is 14.3 Å². The lowest BCUT2D eigenvalue weighted by atomic mass is 10.4. The van der Waals surface area contributed by atoms with Crippen LogP contribution in [0, 0.1) is 0 Å². The normalized spacial score (nSPS) is 27.2. The maximum atomic E-state index is 11.0. The van der Waals surface area contributed by atoms with Crippen molar-refractivity contribution in [2.24, 2.45) is 0 Å². The predicted octanol–water partition coefficient (Wildman–Crippen LogP) is -0.908. The molecule has 5 nitrogen and oxygen atoms in total. The molecule has 0 aromatic rings. The number of carbonyl (C=O) groups is 1. The number of carbonyl (C=O) groups excluding carboxylic acids is 1. The molecule has 0 N–H and O–H groups in total. The van der Waals surface area contributed by atoms with Crippen LogP contribution in [-0.4, -0.2) is 62.0 Å². The first-order valence-electron chi connectivity index (χ1n) is 4.59. The van der Waals surface area contributed by atoms with Gasteiger partial charge in [-0.05, 0) is 0 Å². The van der Waals surface area contributed by atoms with Crippen LogP contribution < -0.4 is 0 Å². The van der Waals surface area contributed by atoms with Crippen LogP contribution in [0.2, 0.25) is 0 Å². The van der Waals surface area contributed by atoms with E-state index in [1.807, 2.05) is 5.01 Å². The summed E-state index contributed by atoms with van der Waals surface area (Å²) in [5.41, 5.74) is 0. The monoisotopic (exact) mass is 186 g/mol. The van der Waals surface area contributed by atoms with Gasteiger partial charge in [-0.25, -0.2) is 10.0 Å². The fraction of sp³-hybridized carbons (Fsp3) is 0.875. The summed E-state index contributed by atoms with van der Waals surface area (Å²) in [6.07, 6.45) is 0. The van der Waals surface area contributed by atoms with Crippen molar-refractivity contribution >= 4 is 5.97 Å². The molecule has 0 spiro atoms. The van der Waals surface area contributed by atoms with Crippen LogP contribution in [0.3, 0.4) is 0 Å². The van der Waals surface area contributed by atoms with Crippen LogP contribution >= 0.6 is 0 Å². The van der Waals surface area contributed by atoms with E-state index in [1.165, 1.54) is 0 Å². The summed E-state index contributed by atoms with van der Waals surface area (Å²) in [7, 11) is 0. The Hall–Kier alpha value is -0.650. The lowest BCUT2D eigenvalue weighted by molar-refractivity contribution is -0.169. The minimum Gasteiger partial charge on any atom is -0.463 e. The van der Waals surface area contributed by atoms with E-state index in [1.54, 1.807) is 0 Å². The highest BCUT2D eigenvalue weighted by molar-refractivity contribution is 5.72. The summed E-state index contributed by atoms with van der Waals surface area (Å²) < 4.78 is 10.1. The summed E-state index contributed by atoms with van der Waals surface area (Å²) in [6, 6.07) is 0. The molecule has 0 unspecified atom stereocenters. The van der Waals surface area contributed by atoms with Crippen molar-refractivity contribution in [3.63, 3.8) is 0 Å². The molecule has 2 saturated heterocycles. The zero-order valence-corrected chi connectivity index (χ0v) is 7.57. The molecule has 0 bridgehead atoms. The standard InChI is InChI=1S/C8H14N2O3/c11-8-7-10(3-6-13-8)9-1-4-12-5-2-9/h1-7H2. The largest absolute Gasteiger partial charge is 0.463 e. The number of morpholine rings is 2. The Kier molecular flexibility index (Phi) is 2.77. The molecule has 74 valence electrons. The summed E-state index contributed by atoms with van der Waals surface area (Å²) in [5, 5.41) is 4.22. The average Bonchev–Trinajstić information content (AvgIpc) is 2.19. The third kappa shape index (κ3) is 2.18. The van der Waals surface area contributed by atoms with Gasteiger partial charge in [-0.15, -0.1) is 0 Å². The van der Waals surface area contributed by atoms with E-state index >= 15 is 0 Å². The molecule has 13 heavy (non-hydrogen) atoms. The highest BCUT2D eigenvalue weighted by atomic mass is 16.5. The fourth-order valence-corrected chi connectivity index (χ4v) is 1.62. The van der Waals surface area contributed by atoms with Gasteiger partial charge in [-0.3, -0.25) is 4.79 Å². The van der Waals surface area contributed by atoms with Gasteiger partial charge in [0.05, 0.1) is 13.2 Å². The van der Waals surface area contributed by atoms with E-state index in [9.17, 15) is 4.79 Å². The van der Waals surface area contributed by atoms with Gasteiger partial charge < -0.3 is 9.47 Å². The van der Waals surface area contributed by atoms with Gasteiger partial charge in [-0.1, -0.05) is 0 Å². The second-order valence-electron chi connectivity index (χ2n) is 3.17. The van der Waals surface area contributed by atoms with Crippen molar-refractivity contribution in [2.45, 2.75) is 0 Å². The quantitative estimate of drug-likeness (QED) is 0.496. The minimum atomic E-state index is -0.127. The lowest BCUT2D eigenvalue weighted by Gasteiger charge is -2.38. The summed E-state index contributed by atoms with van der Waals surface area (Å²) in [6.45, 7) is 4.99. The second-order valence-corrected chi connectivity index (χ2v) is 3.17. The van der Waals surface area contributed by atoms with Crippen LogP contribution in [0.25, 0.3) is 0 Å². The first-order chi connectivity index (χ1) is 6.36. The number of esters is 1. The van der Waals surface area contributed by atoms with E-state index in [2.05, 4.69) is 5.01 Å². The average molecular weight is 186 g/mol. The van der Waals surface area contributed by atoms with Crippen LogP contribution in [-0.2, 0) is 14.3 Å². The molecule has 2 rings (SSSR count). The number of rotatable bonds is 1. The van der Waals surface area contributed by atoms with Crippen molar-refractivity contribution in [1.29, 1.82) is 0 Å². The maximum Gasteiger partial charge on any atom is 0.321 e. The SMILES string of the molecule is O=C1CN(N2CCOCC2)CCO1. The van der Waals surface area contributed by atoms with Crippen molar-refractivity contribution in [2.75, 3.05) is 46.0 Å². The van der Waals surface area contributed by atoms with Gasteiger partial charge in [0, 0.05) is 19.6 Å². The molecule has 2 fully saturated rings. The summed E-state index contributed by atoms with van der Waals surface area (Å²) in [4.78, 5) is 11.0. The molecule has 2 aliphatic heterocycles. The van der Waals surface area contributed by atoms with Crippen LogP contribution in [0.5, 0.6) is 0 Å². The number of ether oxygens (including phenoxy) is 2. The Labute approximate surface area is 77.2 Å². The molecule has 0 aromatic heterocycles. The fourth-order valence-electron chi connectivity index (χ4n) is 1.62. The van der Waals surface area contributed by atoms with Crippen LogP contribution in [0.15, 0.2) is 0 Å². The van der Waals surface area contributed by atoms with Gasteiger partial charge in [0.1, 0.15) is 13.2 Å². The number of cyclic esters (lactones) is 1. The van der Waals surface area contributed by atoms with E-state index in [0.29, 0.717) is 13.2 Å². The first kappa shape index (κ1) is 8.93. The number of hydrogen-bond donors (Lipinski definition) is 0. The Morgan fingerprint density at radius 2 is 1.69 bits per heavy atom. The van der Waals surface area contributed by atoms with Gasteiger partial charge in [0.2, 0.25) is 0 Å². The number of hydrazine groups is 1. The van der Waals surface area contributed by atoms with E-state index in [0.717, 1.165) is 32.8 Å². The molecule has 0 radical (unpaired) electrons. The summed E-state index contributed by atoms with van der Waals surface area (Å²) in [5.74, 6) is -0.127. The van der Waals surface area contributed by atoms with Gasteiger partial charge >= 0.3 is 5.97 Å². The predicted molar refractivity (Wildman–Crippen MR) is 44.9 cm³/mol. The molecule has 2 aliphatic rings. The lowest BCUT2D eigenvalue weighted by Crippen LogP contribution is -2.54. The Balaban J connectivity index is 1.87. The number of nitrogens with zero attached hydrogens (tertiary/aromatic N) is 2. The third-order valence-corrected chi connectivity index (χ3v) is 2.31. The third-order valence-electron chi connectivity index (χ3n) is 2.31. The minimum absolute atomic E-state index is 0.127. The van der Waals surface area contributed by atoms with Crippen LogP contribution in [0.1, 0.15) is 0 Å². The van der Waals surface area contributed by atoms with E-state index < -0.39 is 0 Å². The Morgan fingerprint density at radius 3 is 2.38 bits per heavy atom. The topological polar surface area (TPSA) is 42.0 Å². The van der Waals surface area contributed by atoms with Gasteiger partial charge in [0.25, 0.3) is 0 Å². The highest BCUT2D eigenvalue weighted by Gasteiger charge is 2.24. The molecular formula is C8H14N2O3. The molecule has 2 heterocycles. The van der Waals surface area contributed by atoms with Crippen molar-refractivity contribution in [1.82, 2.24) is 10.0 Å². The Bertz CT molecular complexity index is 192. The van der Waals surface area contributed by atoms with Gasteiger partial charge in [0.15, 0.2) is 0 Å². The molecule has 0 aliphatic carbocycles. The van der Waals surface area contributed by atoms with E-state index in [4.69, 9.17) is 9.47 Å². The molecular weight excluding hydrogens is 172 g/mol. The highest BCUT2D eigenvalue weighted by Crippen LogP contribution is 2.06. The Morgan fingerprint density at radius 1 is 1.00 bits per heavy atom. The first-order valence-corrected chi connectivity index (χ1v) is 4.59. The molecule has 0 atom stereocenters. The molecule has 0 amide bonds. The van der Waals surface area contributed by atoms with Crippen molar-refractivity contribution in [3.8, 4) is 0 Å². The molecule has 0 saturated carbocycles. The number of hydrogen-bond acceptors (Lipinski definition) is 5. The van der Waals surface area contributed by atoms with Crippen molar-refractivity contribution in [3.05, 3.63) is 0 Å².